The van der Waals surface area contributed by atoms with Crippen LogP contribution in [0.15, 0.2) is 59.2 Å². The third-order valence-electron chi connectivity index (χ3n) is 4.93. The Hall–Kier alpha value is -2.59. The first-order valence-electron chi connectivity index (χ1n) is 8.88. The van der Waals surface area contributed by atoms with Gasteiger partial charge in [0.05, 0.1) is 12.0 Å². The van der Waals surface area contributed by atoms with E-state index in [1.165, 1.54) is 24.0 Å². The van der Waals surface area contributed by atoms with Gasteiger partial charge in [0.25, 0.3) is 0 Å². The van der Waals surface area contributed by atoms with Gasteiger partial charge in [0, 0.05) is 12.0 Å². The fourth-order valence-electron chi connectivity index (χ4n) is 3.62. The molecule has 4 nitrogen and oxygen atoms in total. The van der Waals surface area contributed by atoms with Crippen molar-refractivity contribution < 1.29 is 4.42 Å². The van der Waals surface area contributed by atoms with Crippen LogP contribution in [-0.2, 0) is 6.42 Å². The molecule has 0 atom stereocenters. The summed E-state index contributed by atoms with van der Waals surface area (Å²) in [5, 5.41) is 3.44. The molecular formula is C21H23N3O. The molecule has 0 radical (unpaired) electrons. The number of hydrogen-bond donors (Lipinski definition) is 2. The quantitative estimate of drug-likeness (QED) is 0.758. The van der Waals surface area contributed by atoms with Gasteiger partial charge >= 0.3 is 0 Å². The Balaban J connectivity index is 1.74. The maximum absolute atomic E-state index is 5.89. The first-order chi connectivity index (χ1) is 12.3. The van der Waals surface area contributed by atoms with E-state index in [2.05, 4.69) is 28.5 Å². The van der Waals surface area contributed by atoms with Crippen LogP contribution >= 0.6 is 0 Å². The number of nitrogen functional groups attached to an aromatic ring is 1. The molecule has 1 saturated heterocycles. The predicted octanol–water partition coefficient (Wildman–Crippen LogP) is 3.98. The molecule has 0 amide bonds. The van der Waals surface area contributed by atoms with Gasteiger partial charge in [-0.05, 0) is 67.2 Å². The van der Waals surface area contributed by atoms with Crippen molar-refractivity contribution in [2.24, 2.45) is 0 Å². The average molecular weight is 333 g/mol. The topological polar surface area (TPSA) is 64.1 Å². The van der Waals surface area contributed by atoms with Crippen LogP contribution < -0.4 is 11.1 Å². The molecule has 1 fully saturated rings. The Morgan fingerprint density at radius 2 is 1.96 bits per heavy atom. The van der Waals surface area contributed by atoms with Crippen molar-refractivity contribution in [3.8, 4) is 11.3 Å². The maximum atomic E-state index is 5.89. The van der Waals surface area contributed by atoms with Crippen LogP contribution in [-0.4, -0.2) is 18.1 Å². The van der Waals surface area contributed by atoms with Crippen molar-refractivity contribution in [1.29, 1.82) is 0 Å². The van der Waals surface area contributed by atoms with Crippen molar-refractivity contribution in [1.82, 2.24) is 10.3 Å². The van der Waals surface area contributed by atoms with Crippen LogP contribution in [0, 0.1) is 0 Å². The van der Waals surface area contributed by atoms with Gasteiger partial charge < -0.3 is 15.5 Å². The zero-order valence-corrected chi connectivity index (χ0v) is 14.2. The summed E-state index contributed by atoms with van der Waals surface area (Å²) in [5.74, 6) is 2.14. The van der Waals surface area contributed by atoms with Crippen LogP contribution in [0.25, 0.3) is 11.3 Å². The summed E-state index contributed by atoms with van der Waals surface area (Å²) in [6, 6.07) is 16.5. The minimum atomic E-state index is 0.545. The Morgan fingerprint density at radius 1 is 1.08 bits per heavy atom. The van der Waals surface area contributed by atoms with E-state index < -0.39 is 0 Å². The second-order valence-corrected chi connectivity index (χ2v) is 6.64. The van der Waals surface area contributed by atoms with E-state index in [4.69, 9.17) is 10.2 Å². The highest BCUT2D eigenvalue weighted by atomic mass is 16.3. The first kappa shape index (κ1) is 15.9. The maximum Gasteiger partial charge on any atom is 0.124 e. The SMILES string of the molecule is Nc1cccc(-c2ccc(C3CCNCC3)cc2Cc2ccco2)n1. The molecule has 2 aromatic heterocycles. The molecule has 0 bridgehead atoms. The summed E-state index contributed by atoms with van der Waals surface area (Å²) in [6.07, 6.45) is 4.87. The molecule has 4 rings (SSSR count). The number of pyridine rings is 1. The van der Waals surface area contributed by atoms with E-state index in [9.17, 15) is 0 Å². The van der Waals surface area contributed by atoms with Gasteiger partial charge in [0.2, 0.25) is 0 Å². The van der Waals surface area contributed by atoms with Gasteiger partial charge in [-0.2, -0.15) is 0 Å². The van der Waals surface area contributed by atoms with Crippen molar-refractivity contribution >= 4 is 5.82 Å². The van der Waals surface area contributed by atoms with Gasteiger partial charge in [0.1, 0.15) is 11.6 Å². The zero-order valence-electron chi connectivity index (χ0n) is 14.2. The van der Waals surface area contributed by atoms with E-state index in [1.807, 2.05) is 30.3 Å². The second-order valence-electron chi connectivity index (χ2n) is 6.64. The summed E-state index contributed by atoms with van der Waals surface area (Å²) in [4.78, 5) is 4.51. The molecule has 25 heavy (non-hydrogen) atoms. The predicted molar refractivity (Wildman–Crippen MR) is 100 cm³/mol. The Morgan fingerprint density at radius 3 is 2.72 bits per heavy atom. The first-order valence-corrected chi connectivity index (χ1v) is 8.88. The Kier molecular flexibility index (Phi) is 4.53. The lowest BCUT2D eigenvalue weighted by Gasteiger charge is -2.24. The summed E-state index contributed by atoms with van der Waals surface area (Å²) >= 11 is 0. The van der Waals surface area contributed by atoms with Crippen molar-refractivity contribution in [2.75, 3.05) is 18.8 Å². The summed E-state index contributed by atoms with van der Waals surface area (Å²) in [6.45, 7) is 2.19. The number of benzene rings is 1. The lowest BCUT2D eigenvalue weighted by molar-refractivity contribution is 0.460. The smallest absolute Gasteiger partial charge is 0.124 e. The minimum Gasteiger partial charge on any atom is -0.469 e. The molecule has 1 aliphatic rings. The number of rotatable bonds is 4. The van der Waals surface area contributed by atoms with Crippen LogP contribution in [0.3, 0.4) is 0 Å². The number of hydrogen-bond acceptors (Lipinski definition) is 4. The van der Waals surface area contributed by atoms with Gasteiger partial charge in [-0.1, -0.05) is 24.3 Å². The highest BCUT2D eigenvalue weighted by molar-refractivity contribution is 5.66. The van der Waals surface area contributed by atoms with Crippen molar-refractivity contribution in [2.45, 2.75) is 25.2 Å². The average Bonchev–Trinajstić information content (AvgIpc) is 3.15. The largest absolute Gasteiger partial charge is 0.469 e. The number of aromatic nitrogens is 1. The fraction of sp³-hybridized carbons (Fsp3) is 0.286. The second kappa shape index (κ2) is 7.11. The number of furan rings is 1. The Bertz CT molecular complexity index is 836. The van der Waals surface area contributed by atoms with Crippen molar-refractivity contribution in [3.05, 3.63) is 71.7 Å². The molecule has 1 aliphatic heterocycles. The molecule has 1 aromatic carbocycles. The van der Waals surface area contributed by atoms with Crippen LogP contribution in [0.1, 0.15) is 35.6 Å². The lowest BCUT2D eigenvalue weighted by atomic mass is 9.87. The molecule has 0 saturated carbocycles. The number of nitrogens with one attached hydrogen (secondary N) is 1. The molecule has 128 valence electrons. The van der Waals surface area contributed by atoms with E-state index >= 15 is 0 Å². The van der Waals surface area contributed by atoms with Crippen LogP contribution in [0.4, 0.5) is 5.82 Å². The standard InChI is InChI=1S/C21H23N3O/c22-21-5-1-4-20(24-21)19-7-6-16(15-8-10-23-11-9-15)13-17(19)14-18-3-2-12-25-18/h1-7,12-13,15,23H,8-11,14H2,(H2,22,24). The summed E-state index contributed by atoms with van der Waals surface area (Å²) in [7, 11) is 0. The van der Waals surface area contributed by atoms with Crippen molar-refractivity contribution in [3.63, 3.8) is 0 Å². The van der Waals surface area contributed by atoms with E-state index in [1.54, 1.807) is 6.26 Å². The minimum absolute atomic E-state index is 0.545. The molecule has 4 heteroatoms. The van der Waals surface area contributed by atoms with Gasteiger partial charge in [-0.15, -0.1) is 0 Å². The summed E-state index contributed by atoms with van der Waals surface area (Å²) in [5.41, 5.74) is 10.6. The number of nitrogens with two attached hydrogens (primary N) is 1. The third-order valence-corrected chi connectivity index (χ3v) is 4.93. The molecule has 0 unspecified atom stereocenters. The van der Waals surface area contributed by atoms with E-state index in [0.29, 0.717) is 11.7 Å². The lowest BCUT2D eigenvalue weighted by Crippen LogP contribution is -2.26. The van der Waals surface area contributed by atoms with Crippen LogP contribution in [0.5, 0.6) is 0 Å². The van der Waals surface area contributed by atoms with Gasteiger partial charge in [0.15, 0.2) is 0 Å². The molecule has 0 aliphatic carbocycles. The Labute approximate surface area is 148 Å². The number of nitrogens with zero attached hydrogens (tertiary/aromatic N) is 1. The molecule has 3 aromatic rings. The van der Waals surface area contributed by atoms with Gasteiger partial charge in [-0.25, -0.2) is 4.98 Å². The molecular weight excluding hydrogens is 310 g/mol. The molecule has 3 N–H and O–H groups in total. The van der Waals surface area contributed by atoms with E-state index in [0.717, 1.165) is 36.5 Å². The van der Waals surface area contributed by atoms with Gasteiger partial charge in [-0.3, -0.25) is 0 Å². The summed E-state index contributed by atoms with van der Waals surface area (Å²) < 4.78 is 5.58. The van der Waals surface area contributed by atoms with Crippen LogP contribution in [0.2, 0.25) is 0 Å². The highest BCUT2D eigenvalue weighted by Gasteiger charge is 2.18. The molecule has 0 spiro atoms. The third kappa shape index (κ3) is 3.59. The number of anilines is 1. The number of piperidine rings is 1. The van der Waals surface area contributed by atoms with E-state index in [-0.39, 0.29) is 0 Å². The normalized spacial score (nSPS) is 15.4. The highest BCUT2D eigenvalue weighted by Crippen LogP contribution is 2.31. The monoisotopic (exact) mass is 333 g/mol. The molecule has 3 heterocycles. The zero-order chi connectivity index (χ0) is 17.1. The fourth-order valence-corrected chi connectivity index (χ4v) is 3.62.